The van der Waals surface area contributed by atoms with Gasteiger partial charge in [-0.1, -0.05) is 18.2 Å². The predicted octanol–water partition coefficient (Wildman–Crippen LogP) is 2.22. The van der Waals surface area contributed by atoms with Crippen LogP contribution in [0.15, 0.2) is 53.4 Å². The van der Waals surface area contributed by atoms with Crippen molar-refractivity contribution in [2.45, 2.75) is 17.7 Å². The zero-order chi connectivity index (χ0) is 21.0. The number of nitrogens with zero attached hydrogens (tertiary/aromatic N) is 1. The normalized spacial score (nSPS) is 15.6. The first-order valence-corrected chi connectivity index (χ1v) is 10.5. The lowest BCUT2D eigenvalue weighted by molar-refractivity contribution is -0.120. The number of rotatable bonds is 5. The minimum Gasteiger partial charge on any atom is -0.508 e. The number of amides is 1. The number of anilines is 1. The van der Waals surface area contributed by atoms with Crippen LogP contribution in [0.1, 0.15) is 23.2 Å². The van der Waals surface area contributed by atoms with Crippen molar-refractivity contribution in [3.05, 3.63) is 54.1 Å². The van der Waals surface area contributed by atoms with Gasteiger partial charge in [0, 0.05) is 30.8 Å². The maximum absolute atomic E-state index is 13.0. The van der Waals surface area contributed by atoms with Gasteiger partial charge in [-0.15, -0.1) is 0 Å². The summed E-state index contributed by atoms with van der Waals surface area (Å²) in [6.45, 7) is 0.325. The first kappa shape index (κ1) is 20.8. The van der Waals surface area contributed by atoms with Crippen LogP contribution in [0.25, 0.3) is 0 Å². The number of hydrogen-bond donors (Lipinski definition) is 2. The first-order chi connectivity index (χ1) is 13.8. The van der Waals surface area contributed by atoms with Gasteiger partial charge in [0.1, 0.15) is 5.75 Å². The van der Waals surface area contributed by atoms with Gasteiger partial charge < -0.3 is 15.2 Å². The molecule has 8 nitrogen and oxygen atoms in total. The number of hydrogen-bond acceptors (Lipinski definition) is 6. The summed E-state index contributed by atoms with van der Waals surface area (Å²) < 4.78 is 32.0. The molecule has 0 aromatic heterocycles. The van der Waals surface area contributed by atoms with E-state index in [1.54, 1.807) is 24.3 Å². The van der Waals surface area contributed by atoms with Gasteiger partial charge in [-0.2, -0.15) is 4.31 Å². The number of piperidine rings is 1. The number of phenolic OH excluding ortho intramolecular Hbond substituents is 1. The van der Waals surface area contributed by atoms with E-state index in [9.17, 15) is 23.1 Å². The van der Waals surface area contributed by atoms with Gasteiger partial charge in [-0.3, -0.25) is 4.79 Å². The SMILES string of the molecule is COC(=O)c1ccccc1S(=O)(=O)N1CCC(C(=O)Nc2cccc(O)c2)CC1. The van der Waals surface area contributed by atoms with Crippen LogP contribution in [-0.2, 0) is 19.6 Å². The molecular formula is C20H22N2O6S. The van der Waals surface area contributed by atoms with E-state index in [1.807, 2.05) is 0 Å². The van der Waals surface area contributed by atoms with Crippen LogP contribution in [0.2, 0.25) is 0 Å². The summed E-state index contributed by atoms with van der Waals surface area (Å²) in [6, 6.07) is 12.2. The first-order valence-electron chi connectivity index (χ1n) is 9.10. The molecule has 154 valence electrons. The summed E-state index contributed by atoms with van der Waals surface area (Å²) in [5.41, 5.74) is 0.468. The number of carbonyl (C=O) groups excluding carboxylic acids is 2. The molecule has 1 heterocycles. The molecule has 2 aromatic carbocycles. The van der Waals surface area contributed by atoms with Crippen LogP contribution < -0.4 is 5.32 Å². The zero-order valence-electron chi connectivity index (χ0n) is 15.9. The van der Waals surface area contributed by atoms with Crippen molar-refractivity contribution in [1.29, 1.82) is 0 Å². The van der Waals surface area contributed by atoms with Crippen molar-refractivity contribution in [1.82, 2.24) is 4.31 Å². The van der Waals surface area contributed by atoms with E-state index in [-0.39, 0.29) is 41.1 Å². The predicted molar refractivity (Wildman–Crippen MR) is 106 cm³/mol. The van der Waals surface area contributed by atoms with Gasteiger partial charge in [0.05, 0.1) is 17.6 Å². The topological polar surface area (TPSA) is 113 Å². The number of esters is 1. The van der Waals surface area contributed by atoms with E-state index in [0.29, 0.717) is 18.5 Å². The van der Waals surface area contributed by atoms with Gasteiger partial charge in [-0.25, -0.2) is 13.2 Å². The largest absolute Gasteiger partial charge is 0.508 e. The highest BCUT2D eigenvalue weighted by molar-refractivity contribution is 7.89. The minimum atomic E-state index is -3.89. The van der Waals surface area contributed by atoms with Gasteiger partial charge in [0.25, 0.3) is 0 Å². The number of sulfonamides is 1. The molecule has 1 aliphatic rings. The Balaban J connectivity index is 1.69. The highest BCUT2D eigenvalue weighted by Crippen LogP contribution is 2.27. The summed E-state index contributed by atoms with van der Waals surface area (Å²) >= 11 is 0. The molecule has 9 heteroatoms. The van der Waals surface area contributed by atoms with Crippen molar-refractivity contribution in [3.63, 3.8) is 0 Å². The number of nitrogens with one attached hydrogen (secondary N) is 1. The van der Waals surface area contributed by atoms with Crippen molar-refractivity contribution < 1.29 is 27.9 Å². The maximum atomic E-state index is 13.0. The number of phenols is 1. The van der Waals surface area contributed by atoms with E-state index in [4.69, 9.17) is 0 Å². The van der Waals surface area contributed by atoms with Crippen LogP contribution in [0.5, 0.6) is 5.75 Å². The molecular weight excluding hydrogens is 396 g/mol. The summed E-state index contributed by atoms with van der Waals surface area (Å²) in [4.78, 5) is 24.3. The Kier molecular flexibility index (Phi) is 6.19. The lowest BCUT2D eigenvalue weighted by Gasteiger charge is -2.31. The third kappa shape index (κ3) is 4.57. The molecule has 1 amide bonds. The molecule has 29 heavy (non-hydrogen) atoms. The molecule has 0 unspecified atom stereocenters. The number of aromatic hydroxyl groups is 1. The molecule has 1 fully saturated rings. The number of ether oxygens (including phenoxy) is 1. The van der Waals surface area contributed by atoms with Gasteiger partial charge >= 0.3 is 5.97 Å². The molecule has 0 radical (unpaired) electrons. The average Bonchev–Trinajstić information content (AvgIpc) is 2.73. The van der Waals surface area contributed by atoms with Gasteiger partial charge in [-0.05, 0) is 37.1 Å². The fourth-order valence-corrected chi connectivity index (χ4v) is 4.95. The lowest BCUT2D eigenvalue weighted by Crippen LogP contribution is -2.41. The lowest BCUT2D eigenvalue weighted by atomic mass is 9.97. The number of methoxy groups -OCH3 is 1. The van der Waals surface area contributed by atoms with Crippen LogP contribution in [0, 0.1) is 5.92 Å². The Labute approximate surface area is 169 Å². The third-order valence-corrected chi connectivity index (χ3v) is 6.81. The van der Waals surface area contributed by atoms with E-state index in [0.717, 1.165) is 0 Å². The van der Waals surface area contributed by atoms with Crippen LogP contribution in [0.3, 0.4) is 0 Å². The van der Waals surface area contributed by atoms with Crippen molar-refractivity contribution >= 4 is 27.6 Å². The fraction of sp³-hybridized carbons (Fsp3) is 0.300. The van der Waals surface area contributed by atoms with Crippen LogP contribution >= 0.6 is 0 Å². The molecule has 2 aromatic rings. The summed E-state index contributed by atoms with van der Waals surface area (Å²) in [7, 11) is -2.70. The Morgan fingerprint density at radius 2 is 1.79 bits per heavy atom. The second kappa shape index (κ2) is 8.62. The van der Waals surface area contributed by atoms with Crippen molar-refractivity contribution in [2.75, 3.05) is 25.5 Å². The summed E-state index contributed by atoms with van der Waals surface area (Å²) in [6.07, 6.45) is 0.703. The van der Waals surface area contributed by atoms with E-state index in [2.05, 4.69) is 10.1 Å². The second-order valence-electron chi connectivity index (χ2n) is 6.71. The Bertz CT molecular complexity index is 1010. The van der Waals surface area contributed by atoms with Gasteiger partial charge in [0.15, 0.2) is 0 Å². The van der Waals surface area contributed by atoms with Crippen molar-refractivity contribution in [3.8, 4) is 5.75 Å². The Morgan fingerprint density at radius 3 is 2.45 bits per heavy atom. The average molecular weight is 418 g/mol. The van der Waals surface area contributed by atoms with Crippen molar-refractivity contribution in [2.24, 2.45) is 5.92 Å². The summed E-state index contributed by atoms with van der Waals surface area (Å²) in [5.74, 6) is -1.24. The Hall–Kier alpha value is -2.91. The molecule has 0 spiro atoms. The van der Waals surface area contributed by atoms with Gasteiger partial charge in [0.2, 0.25) is 15.9 Å². The smallest absolute Gasteiger partial charge is 0.339 e. The zero-order valence-corrected chi connectivity index (χ0v) is 16.7. The maximum Gasteiger partial charge on any atom is 0.339 e. The molecule has 0 bridgehead atoms. The van der Waals surface area contributed by atoms with Crippen LogP contribution in [0.4, 0.5) is 5.69 Å². The fourth-order valence-electron chi connectivity index (χ4n) is 3.30. The Morgan fingerprint density at radius 1 is 1.10 bits per heavy atom. The molecule has 1 aliphatic heterocycles. The molecule has 1 saturated heterocycles. The third-order valence-electron chi connectivity index (χ3n) is 4.85. The van der Waals surface area contributed by atoms with E-state index >= 15 is 0 Å². The highest BCUT2D eigenvalue weighted by atomic mass is 32.2. The molecule has 3 rings (SSSR count). The minimum absolute atomic E-state index is 0.0150. The summed E-state index contributed by atoms with van der Waals surface area (Å²) in [5, 5.41) is 12.2. The molecule has 0 atom stereocenters. The molecule has 0 aliphatic carbocycles. The highest BCUT2D eigenvalue weighted by Gasteiger charge is 2.34. The monoisotopic (exact) mass is 418 g/mol. The number of carbonyl (C=O) groups is 2. The second-order valence-corrected chi connectivity index (χ2v) is 8.61. The van der Waals surface area contributed by atoms with E-state index < -0.39 is 16.0 Å². The van der Waals surface area contributed by atoms with Crippen LogP contribution in [-0.4, -0.2) is 49.9 Å². The molecule has 2 N–H and O–H groups in total. The molecule has 0 saturated carbocycles. The quantitative estimate of drug-likeness (QED) is 0.720. The number of benzene rings is 2. The van der Waals surface area contributed by atoms with E-state index in [1.165, 1.54) is 35.7 Å². The standard InChI is InChI=1S/C20H22N2O6S/c1-28-20(25)17-7-2-3-8-18(17)29(26,27)22-11-9-14(10-12-22)19(24)21-15-5-4-6-16(23)13-15/h2-8,13-14,23H,9-12H2,1H3,(H,21,24).